The Bertz CT molecular complexity index is 1140. The number of phenols is 1. The molecule has 5 unspecified atom stereocenters. The average molecular weight is 548 g/mol. The van der Waals surface area contributed by atoms with Crippen molar-refractivity contribution >= 4 is 29.6 Å². The fourth-order valence-electron chi connectivity index (χ4n) is 3.52. The molecule has 0 fully saturated rings. The van der Waals surface area contributed by atoms with Gasteiger partial charge in [-0.25, -0.2) is 9.78 Å². The third-order valence-corrected chi connectivity index (χ3v) is 5.71. The van der Waals surface area contributed by atoms with E-state index in [1.54, 1.807) is 0 Å². The van der Waals surface area contributed by atoms with Crippen LogP contribution in [0.5, 0.6) is 5.75 Å². The molecule has 15 nitrogen and oxygen atoms in total. The normalized spacial score (nSPS) is 14.7. The molecule has 0 spiro atoms. The number of aromatic hydroxyl groups is 1. The number of nitrogens with one attached hydrogen (secondary N) is 4. The minimum absolute atomic E-state index is 0.0142. The number of hydrogen-bond donors (Lipinski definition) is 9. The van der Waals surface area contributed by atoms with Crippen LogP contribution < -0.4 is 27.4 Å². The number of aromatic amines is 1. The van der Waals surface area contributed by atoms with Gasteiger partial charge in [0.1, 0.15) is 17.8 Å². The summed E-state index contributed by atoms with van der Waals surface area (Å²) in [5.74, 6) is -4.60. The van der Waals surface area contributed by atoms with Gasteiger partial charge in [0.25, 0.3) is 0 Å². The van der Waals surface area contributed by atoms with Crippen molar-refractivity contribution in [1.82, 2.24) is 25.9 Å². The number of aliphatic hydroxyl groups excluding tert-OH is 1. The van der Waals surface area contributed by atoms with Crippen LogP contribution >= 0.6 is 0 Å². The SMILES string of the molecule is CC(O)C(NC(=O)C(Cc1cnc[nH]1)NC(=O)C(Cc1ccc(O)cc1)NC(=O)C(N)CCC(N)=O)C(=O)O. The van der Waals surface area contributed by atoms with Gasteiger partial charge in [-0.2, -0.15) is 0 Å². The van der Waals surface area contributed by atoms with Crippen molar-refractivity contribution in [3.8, 4) is 5.75 Å². The summed E-state index contributed by atoms with van der Waals surface area (Å²) in [6, 6.07) is 0.455. The van der Waals surface area contributed by atoms with E-state index in [1.165, 1.54) is 43.7 Å². The molecular weight excluding hydrogens is 514 g/mol. The zero-order valence-corrected chi connectivity index (χ0v) is 21.2. The number of aliphatic hydroxyl groups is 1. The Morgan fingerprint density at radius 3 is 2.10 bits per heavy atom. The number of rotatable bonds is 15. The smallest absolute Gasteiger partial charge is 0.328 e. The first-order valence-electron chi connectivity index (χ1n) is 12.0. The Morgan fingerprint density at radius 1 is 0.974 bits per heavy atom. The molecule has 0 saturated heterocycles. The summed E-state index contributed by atoms with van der Waals surface area (Å²) >= 11 is 0. The van der Waals surface area contributed by atoms with Crippen molar-refractivity contribution in [2.45, 2.75) is 62.9 Å². The molecule has 0 aliphatic heterocycles. The number of primary amides is 1. The van der Waals surface area contributed by atoms with E-state index in [9.17, 15) is 39.3 Å². The molecule has 15 heteroatoms. The maximum Gasteiger partial charge on any atom is 0.328 e. The number of aliphatic carboxylic acids is 1. The minimum atomic E-state index is -1.64. The van der Waals surface area contributed by atoms with Crippen LogP contribution in [-0.4, -0.2) is 85.2 Å². The van der Waals surface area contributed by atoms with Crippen molar-refractivity contribution in [2.75, 3.05) is 0 Å². The van der Waals surface area contributed by atoms with Crippen LogP contribution in [0.3, 0.4) is 0 Å². The molecule has 0 aliphatic rings. The Balaban J connectivity index is 2.28. The molecule has 0 aliphatic carbocycles. The number of carboxylic acid groups (broad SMARTS) is 1. The molecule has 2 rings (SSSR count). The maximum atomic E-state index is 13.4. The third-order valence-electron chi connectivity index (χ3n) is 5.71. The summed E-state index contributed by atoms with van der Waals surface area (Å²) in [6.07, 6.45) is 0.927. The highest BCUT2D eigenvalue weighted by atomic mass is 16.4. The van der Waals surface area contributed by atoms with Crippen molar-refractivity contribution < 1.29 is 39.3 Å². The Kier molecular flexibility index (Phi) is 11.4. The number of carbonyl (C=O) groups is 5. The van der Waals surface area contributed by atoms with Crippen LogP contribution in [0.4, 0.5) is 0 Å². The van der Waals surface area contributed by atoms with Crippen LogP contribution in [0.1, 0.15) is 31.0 Å². The number of benzene rings is 1. The molecule has 1 aromatic heterocycles. The average Bonchev–Trinajstić information content (AvgIpc) is 3.38. The molecule has 212 valence electrons. The fourth-order valence-corrected chi connectivity index (χ4v) is 3.52. The number of carboxylic acids is 1. The highest BCUT2D eigenvalue weighted by molar-refractivity contribution is 5.94. The molecule has 1 heterocycles. The fraction of sp³-hybridized carbons (Fsp3) is 0.417. The second-order valence-corrected chi connectivity index (χ2v) is 8.95. The van der Waals surface area contributed by atoms with Gasteiger partial charge in [0.15, 0.2) is 6.04 Å². The van der Waals surface area contributed by atoms with E-state index in [-0.39, 0.29) is 31.4 Å². The topological polar surface area (TPSA) is 263 Å². The van der Waals surface area contributed by atoms with Gasteiger partial charge in [-0.15, -0.1) is 0 Å². The molecule has 2 aromatic rings. The van der Waals surface area contributed by atoms with Crippen LogP contribution in [0.15, 0.2) is 36.8 Å². The highest BCUT2D eigenvalue weighted by Gasteiger charge is 2.32. The molecule has 4 amide bonds. The first kappa shape index (κ1) is 30.7. The van der Waals surface area contributed by atoms with E-state index in [2.05, 4.69) is 25.9 Å². The zero-order valence-electron chi connectivity index (χ0n) is 21.2. The number of phenolic OH excluding ortho intramolecular Hbond substituents is 1. The molecule has 0 saturated carbocycles. The molecule has 0 radical (unpaired) electrons. The number of nitrogens with two attached hydrogens (primary N) is 2. The van der Waals surface area contributed by atoms with Gasteiger partial charge in [0.05, 0.1) is 18.5 Å². The first-order chi connectivity index (χ1) is 18.4. The van der Waals surface area contributed by atoms with Gasteiger partial charge in [0.2, 0.25) is 23.6 Å². The molecule has 1 aromatic carbocycles. The lowest BCUT2D eigenvalue weighted by molar-refractivity contribution is -0.145. The van der Waals surface area contributed by atoms with Crippen LogP contribution in [-0.2, 0) is 36.8 Å². The van der Waals surface area contributed by atoms with Crippen molar-refractivity contribution in [2.24, 2.45) is 11.5 Å². The molecule has 11 N–H and O–H groups in total. The van der Waals surface area contributed by atoms with E-state index in [1.807, 2.05) is 0 Å². The summed E-state index contributed by atoms with van der Waals surface area (Å²) in [5.41, 5.74) is 11.9. The molecule has 39 heavy (non-hydrogen) atoms. The zero-order chi connectivity index (χ0) is 29.1. The lowest BCUT2D eigenvalue weighted by Gasteiger charge is -2.25. The van der Waals surface area contributed by atoms with Gasteiger partial charge in [0, 0.05) is 31.2 Å². The third kappa shape index (κ3) is 10.1. The quantitative estimate of drug-likeness (QED) is 0.112. The van der Waals surface area contributed by atoms with Crippen LogP contribution in [0.2, 0.25) is 0 Å². The number of imidazole rings is 1. The van der Waals surface area contributed by atoms with Crippen molar-refractivity contribution in [3.05, 3.63) is 48.0 Å². The lowest BCUT2D eigenvalue weighted by atomic mass is 10.0. The highest BCUT2D eigenvalue weighted by Crippen LogP contribution is 2.12. The predicted octanol–water partition coefficient (Wildman–Crippen LogP) is -2.59. The maximum absolute atomic E-state index is 13.4. The van der Waals surface area contributed by atoms with Crippen molar-refractivity contribution in [1.29, 1.82) is 0 Å². The summed E-state index contributed by atoms with van der Waals surface area (Å²) < 4.78 is 0. The number of H-pyrrole nitrogens is 1. The second kappa shape index (κ2) is 14.4. The van der Waals surface area contributed by atoms with E-state index in [4.69, 9.17) is 11.5 Å². The summed E-state index contributed by atoms with van der Waals surface area (Å²) in [4.78, 5) is 68.2. The van der Waals surface area contributed by atoms with Crippen LogP contribution in [0, 0.1) is 0 Å². The van der Waals surface area contributed by atoms with Crippen LogP contribution in [0.25, 0.3) is 0 Å². The summed E-state index contributed by atoms with van der Waals surface area (Å²) in [7, 11) is 0. The Hall–Kier alpha value is -4.50. The van der Waals surface area contributed by atoms with E-state index in [0.29, 0.717) is 11.3 Å². The molecule has 5 atom stereocenters. The van der Waals surface area contributed by atoms with Gasteiger partial charge < -0.3 is 47.7 Å². The molecular formula is C24H33N7O8. The van der Waals surface area contributed by atoms with Gasteiger partial charge in [-0.3, -0.25) is 19.2 Å². The number of amides is 4. The minimum Gasteiger partial charge on any atom is -0.508 e. The number of carbonyl (C=O) groups excluding carboxylic acids is 4. The van der Waals surface area contributed by atoms with Gasteiger partial charge in [-0.05, 0) is 31.0 Å². The van der Waals surface area contributed by atoms with E-state index >= 15 is 0 Å². The van der Waals surface area contributed by atoms with Crippen molar-refractivity contribution in [3.63, 3.8) is 0 Å². The monoisotopic (exact) mass is 547 g/mol. The lowest BCUT2D eigenvalue weighted by Crippen LogP contribution is -2.59. The number of nitrogens with zero attached hydrogens (tertiary/aromatic N) is 1. The van der Waals surface area contributed by atoms with Gasteiger partial charge in [-0.1, -0.05) is 12.1 Å². The first-order valence-corrected chi connectivity index (χ1v) is 12.0. The second-order valence-electron chi connectivity index (χ2n) is 8.95. The van der Waals surface area contributed by atoms with E-state index < -0.39 is 59.9 Å². The van der Waals surface area contributed by atoms with E-state index in [0.717, 1.165) is 0 Å². The Labute approximate surface area is 223 Å². The summed E-state index contributed by atoms with van der Waals surface area (Å²) in [6.45, 7) is 1.19. The predicted molar refractivity (Wildman–Crippen MR) is 136 cm³/mol. The van der Waals surface area contributed by atoms with Gasteiger partial charge >= 0.3 is 5.97 Å². The number of hydrogen-bond acceptors (Lipinski definition) is 9. The number of aromatic nitrogens is 2. The standard InChI is InChI=1S/C24H33N7O8/c1-12(32)20(24(38)39)31-23(37)18(9-14-10-27-11-28-14)30-22(36)17(8-13-2-4-15(33)5-3-13)29-21(35)16(25)6-7-19(26)34/h2-5,10-12,16-18,20,32-33H,6-9,25H2,1H3,(H2,26,34)(H,27,28)(H,29,35)(H,30,36)(H,31,37)(H,38,39). The summed E-state index contributed by atoms with van der Waals surface area (Å²) in [5, 5.41) is 35.9. The Morgan fingerprint density at radius 2 is 1.56 bits per heavy atom. The largest absolute Gasteiger partial charge is 0.508 e. The molecule has 0 bridgehead atoms.